The lowest BCUT2D eigenvalue weighted by molar-refractivity contribution is -0.122. The average Bonchev–Trinajstić information content (AvgIpc) is 2.39. The van der Waals surface area contributed by atoms with Crippen molar-refractivity contribution in [2.24, 2.45) is 0 Å². The molecule has 18 heavy (non-hydrogen) atoms. The summed E-state index contributed by atoms with van der Waals surface area (Å²) in [6.07, 6.45) is 3.20. The number of rotatable bonds is 7. The van der Waals surface area contributed by atoms with E-state index < -0.39 is 0 Å². The molecule has 0 atom stereocenters. The third kappa shape index (κ3) is 4.37. The number of hydrogen-bond donors (Lipinski definition) is 2. The van der Waals surface area contributed by atoms with Crippen molar-refractivity contribution < 1.29 is 9.53 Å². The standard InChI is InChI=1S/C14H22N2O2/c1-4-11-8-9-13(18-3)12(10-11)6-5-7-14(17)16-15-2/h8-10,15H,4-7H2,1-3H3,(H,16,17). The van der Waals surface area contributed by atoms with Crippen molar-refractivity contribution in [1.29, 1.82) is 0 Å². The molecule has 0 radical (unpaired) electrons. The Labute approximate surface area is 109 Å². The Bertz CT molecular complexity index is 391. The Hall–Kier alpha value is -1.55. The van der Waals surface area contributed by atoms with E-state index in [0.717, 1.165) is 25.0 Å². The van der Waals surface area contributed by atoms with Crippen molar-refractivity contribution in [2.45, 2.75) is 32.6 Å². The Morgan fingerprint density at radius 2 is 2.17 bits per heavy atom. The quantitative estimate of drug-likeness (QED) is 0.726. The smallest absolute Gasteiger partial charge is 0.234 e. The zero-order valence-corrected chi connectivity index (χ0v) is 11.4. The fraction of sp³-hybridized carbons (Fsp3) is 0.500. The average molecular weight is 250 g/mol. The lowest BCUT2D eigenvalue weighted by atomic mass is 10.0. The van der Waals surface area contributed by atoms with Gasteiger partial charge in [0.25, 0.3) is 0 Å². The second kappa shape index (κ2) is 7.71. The highest BCUT2D eigenvalue weighted by Crippen LogP contribution is 2.22. The number of aryl methyl sites for hydroxylation is 2. The molecule has 1 amide bonds. The molecular formula is C14H22N2O2. The predicted molar refractivity (Wildman–Crippen MR) is 72.5 cm³/mol. The summed E-state index contributed by atoms with van der Waals surface area (Å²) >= 11 is 0. The third-order valence-corrected chi connectivity index (χ3v) is 2.87. The molecule has 0 heterocycles. The van der Waals surface area contributed by atoms with Gasteiger partial charge < -0.3 is 4.74 Å². The van der Waals surface area contributed by atoms with E-state index in [2.05, 4.69) is 29.9 Å². The second-order valence-corrected chi connectivity index (χ2v) is 4.15. The topological polar surface area (TPSA) is 50.4 Å². The van der Waals surface area contributed by atoms with Gasteiger partial charge in [-0.2, -0.15) is 0 Å². The molecule has 0 aromatic heterocycles. The molecule has 0 aliphatic rings. The molecule has 1 rings (SSSR count). The van der Waals surface area contributed by atoms with E-state index in [1.165, 1.54) is 11.1 Å². The molecular weight excluding hydrogens is 228 g/mol. The van der Waals surface area contributed by atoms with E-state index in [0.29, 0.717) is 6.42 Å². The Kier molecular flexibility index (Phi) is 6.22. The molecule has 0 bridgehead atoms. The fourth-order valence-electron chi connectivity index (χ4n) is 1.89. The molecule has 100 valence electrons. The lowest BCUT2D eigenvalue weighted by Gasteiger charge is -2.10. The molecule has 2 N–H and O–H groups in total. The van der Waals surface area contributed by atoms with Gasteiger partial charge in [-0.05, 0) is 36.5 Å². The highest BCUT2D eigenvalue weighted by Gasteiger charge is 2.06. The van der Waals surface area contributed by atoms with Crippen molar-refractivity contribution in [3.05, 3.63) is 29.3 Å². The number of benzene rings is 1. The number of hydrogen-bond acceptors (Lipinski definition) is 3. The Morgan fingerprint density at radius 3 is 2.78 bits per heavy atom. The summed E-state index contributed by atoms with van der Waals surface area (Å²) in [6, 6.07) is 6.24. The maximum atomic E-state index is 11.3. The minimum absolute atomic E-state index is 0.0168. The zero-order valence-electron chi connectivity index (χ0n) is 11.4. The van der Waals surface area contributed by atoms with Gasteiger partial charge in [-0.3, -0.25) is 10.2 Å². The Balaban J connectivity index is 2.57. The number of methoxy groups -OCH3 is 1. The SMILES string of the molecule is CCc1ccc(OC)c(CCCC(=O)NNC)c1. The molecule has 1 aromatic rings. The lowest BCUT2D eigenvalue weighted by Crippen LogP contribution is -2.33. The van der Waals surface area contributed by atoms with Crippen LogP contribution in [-0.4, -0.2) is 20.1 Å². The van der Waals surface area contributed by atoms with Crippen LogP contribution in [0.3, 0.4) is 0 Å². The molecule has 0 saturated heterocycles. The maximum absolute atomic E-state index is 11.3. The predicted octanol–water partition coefficient (Wildman–Crippen LogP) is 1.83. The van der Waals surface area contributed by atoms with Gasteiger partial charge in [0, 0.05) is 13.5 Å². The number of nitrogens with one attached hydrogen (secondary N) is 2. The number of amides is 1. The number of carbonyl (C=O) groups is 1. The largest absolute Gasteiger partial charge is 0.496 e. The molecule has 0 saturated carbocycles. The van der Waals surface area contributed by atoms with Crippen LogP contribution >= 0.6 is 0 Å². The van der Waals surface area contributed by atoms with Gasteiger partial charge in [0.1, 0.15) is 5.75 Å². The summed E-state index contributed by atoms with van der Waals surface area (Å²) in [5.74, 6) is 0.921. The van der Waals surface area contributed by atoms with Crippen molar-refractivity contribution in [1.82, 2.24) is 10.9 Å². The monoisotopic (exact) mass is 250 g/mol. The van der Waals surface area contributed by atoms with Crippen LogP contribution in [0.15, 0.2) is 18.2 Å². The first kappa shape index (κ1) is 14.5. The van der Waals surface area contributed by atoms with E-state index in [1.807, 2.05) is 6.07 Å². The van der Waals surface area contributed by atoms with Crippen LogP contribution in [0.5, 0.6) is 5.75 Å². The molecule has 0 unspecified atom stereocenters. The van der Waals surface area contributed by atoms with Crippen LogP contribution in [0, 0.1) is 0 Å². The van der Waals surface area contributed by atoms with Crippen LogP contribution in [-0.2, 0) is 17.6 Å². The van der Waals surface area contributed by atoms with Crippen molar-refractivity contribution in [3.8, 4) is 5.75 Å². The van der Waals surface area contributed by atoms with Crippen LogP contribution < -0.4 is 15.6 Å². The summed E-state index contributed by atoms with van der Waals surface area (Å²) < 4.78 is 5.34. The zero-order chi connectivity index (χ0) is 13.4. The van der Waals surface area contributed by atoms with Crippen molar-refractivity contribution in [2.75, 3.05) is 14.2 Å². The van der Waals surface area contributed by atoms with Crippen molar-refractivity contribution >= 4 is 5.91 Å². The summed E-state index contributed by atoms with van der Waals surface area (Å²) in [7, 11) is 3.36. The first-order chi connectivity index (χ1) is 8.71. The van der Waals surface area contributed by atoms with Crippen LogP contribution in [0.2, 0.25) is 0 Å². The van der Waals surface area contributed by atoms with Gasteiger partial charge in [0.05, 0.1) is 7.11 Å². The first-order valence-electron chi connectivity index (χ1n) is 6.32. The number of carbonyl (C=O) groups excluding carboxylic acids is 1. The van der Waals surface area contributed by atoms with Gasteiger partial charge in [-0.1, -0.05) is 19.1 Å². The minimum Gasteiger partial charge on any atom is -0.496 e. The number of hydrazine groups is 1. The minimum atomic E-state index is 0.0168. The summed E-state index contributed by atoms with van der Waals surface area (Å²) in [5, 5.41) is 0. The summed E-state index contributed by atoms with van der Waals surface area (Å²) in [6.45, 7) is 2.13. The molecule has 0 spiro atoms. The van der Waals surface area contributed by atoms with Gasteiger partial charge in [-0.25, -0.2) is 5.43 Å². The molecule has 0 fully saturated rings. The highest BCUT2D eigenvalue weighted by atomic mass is 16.5. The van der Waals surface area contributed by atoms with Gasteiger partial charge in [0.15, 0.2) is 0 Å². The first-order valence-corrected chi connectivity index (χ1v) is 6.32. The highest BCUT2D eigenvalue weighted by molar-refractivity contribution is 5.75. The van der Waals surface area contributed by atoms with Gasteiger partial charge >= 0.3 is 0 Å². The molecule has 0 aliphatic carbocycles. The van der Waals surface area contributed by atoms with E-state index in [1.54, 1.807) is 14.2 Å². The maximum Gasteiger partial charge on any atom is 0.234 e. The van der Waals surface area contributed by atoms with Crippen molar-refractivity contribution in [3.63, 3.8) is 0 Å². The number of ether oxygens (including phenoxy) is 1. The van der Waals surface area contributed by atoms with Crippen LogP contribution in [0.1, 0.15) is 30.9 Å². The van der Waals surface area contributed by atoms with Gasteiger partial charge in [-0.15, -0.1) is 0 Å². The van der Waals surface area contributed by atoms with Crippen LogP contribution in [0.4, 0.5) is 0 Å². The molecule has 4 nitrogen and oxygen atoms in total. The summed E-state index contributed by atoms with van der Waals surface area (Å²) in [4.78, 5) is 11.3. The van der Waals surface area contributed by atoms with E-state index in [9.17, 15) is 4.79 Å². The third-order valence-electron chi connectivity index (χ3n) is 2.87. The molecule has 4 heteroatoms. The summed E-state index contributed by atoms with van der Waals surface area (Å²) in [5.41, 5.74) is 7.67. The second-order valence-electron chi connectivity index (χ2n) is 4.15. The van der Waals surface area contributed by atoms with E-state index in [-0.39, 0.29) is 5.91 Å². The van der Waals surface area contributed by atoms with Crippen LogP contribution in [0.25, 0.3) is 0 Å². The molecule has 0 aliphatic heterocycles. The van der Waals surface area contributed by atoms with E-state index >= 15 is 0 Å². The normalized spacial score (nSPS) is 10.2. The molecule has 1 aromatic carbocycles. The van der Waals surface area contributed by atoms with Gasteiger partial charge in [0.2, 0.25) is 5.91 Å². The fourth-order valence-corrected chi connectivity index (χ4v) is 1.89. The Morgan fingerprint density at radius 1 is 1.39 bits per heavy atom. The van der Waals surface area contributed by atoms with E-state index in [4.69, 9.17) is 4.74 Å².